The lowest BCUT2D eigenvalue weighted by Gasteiger charge is -2.31. The van der Waals surface area contributed by atoms with Crippen LogP contribution in [0.2, 0.25) is 0 Å². The zero-order valence-corrected chi connectivity index (χ0v) is 18.0. The first kappa shape index (κ1) is 22.6. The van der Waals surface area contributed by atoms with Crippen LogP contribution in [-0.2, 0) is 11.2 Å². The van der Waals surface area contributed by atoms with Gasteiger partial charge in [0.1, 0.15) is 17.2 Å². The lowest BCUT2D eigenvalue weighted by Crippen LogP contribution is -2.39. The maximum atomic E-state index is 12.4. The molecule has 1 saturated heterocycles. The second kappa shape index (κ2) is 10.8. The minimum absolute atomic E-state index is 0.176. The summed E-state index contributed by atoms with van der Waals surface area (Å²) in [5.41, 5.74) is 1.32. The first-order valence-electron chi connectivity index (χ1n) is 10.5. The predicted molar refractivity (Wildman–Crippen MR) is 119 cm³/mol. The SMILES string of the molecule is COc1ccc(CCC2CCN(CC(=O)Nc3ccc(OC)cc3[N+](=O)[O-])CC2)cc1. The third-order valence-corrected chi connectivity index (χ3v) is 5.75. The molecule has 2 aromatic carbocycles. The molecule has 0 radical (unpaired) electrons. The summed E-state index contributed by atoms with van der Waals surface area (Å²) in [7, 11) is 3.11. The fraction of sp³-hybridized carbons (Fsp3) is 0.435. The van der Waals surface area contributed by atoms with Crippen molar-refractivity contribution in [1.82, 2.24) is 4.90 Å². The number of nitrogens with one attached hydrogen (secondary N) is 1. The van der Waals surface area contributed by atoms with Crippen molar-refractivity contribution in [2.24, 2.45) is 5.92 Å². The van der Waals surface area contributed by atoms with E-state index in [-0.39, 0.29) is 23.8 Å². The van der Waals surface area contributed by atoms with Gasteiger partial charge in [-0.3, -0.25) is 19.8 Å². The van der Waals surface area contributed by atoms with Gasteiger partial charge in [-0.2, -0.15) is 0 Å². The Kier molecular flexibility index (Phi) is 7.83. The van der Waals surface area contributed by atoms with Crippen LogP contribution in [0.15, 0.2) is 42.5 Å². The molecule has 31 heavy (non-hydrogen) atoms. The highest BCUT2D eigenvalue weighted by atomic mass is 16.6. The zero-order chi connectivity index (χ0) is 22.2. The predicted octanol–water partition coefficient (Wildman–Crippen LogP) is 3.90. The number of carbonyl (C=O) groups excluding carboxylic acids is 1. The molecular formula is C23H29N3O5. The number of anilines is 1. The molecule has 1 fully saturated rings. The van der Waals surface area contributed by atoms with E-state index in [1.54, 1.807) is 13.2 Å². The second-order valence-corrected chi connectivity index (χ2v) is 7.79. The smallest absolute Gasteiger partial charge is 0.296 e. The van der Waals surface area contributed by atoms with Gasteiger partial charge in [-0.1, -0.05) is 12.1 Å². The lowest BCUT2D eigenvalue weighted by atomic mass is 9.90. The van der Waals surface area contributed by atoms with Gasteiger partial charge in [-0.15, -0.1) is 0 Å². The van der Waals surface area contributed by atoms with Gasteiger partial charge in [0.25, 0.3) is 5.69 Å². The molecular weight excluding hydrogens is 398 g/mol. The standard InChI is InChI=1S/C23H29N3O5/c1-30-19-7-5-17(6-8-19)3-4-18-11-13-25(14-12-18)16-23(27)24-21-10-9-20(31-2)15-22(21)26(28)29/h5-10,15,18H,3-4,11-14,16H2,1-2H3,(H,24,27). The van der Waals surface area contributed by atoms with Crippen LogP contribution in [0.1, 0.15) is 24.8 Å². The Morgan fingerprint density at radius 3 is 2.35 bits per heavy atom. The maximum Gasteiger partial charge on any atom is 0.296 e. The van der Waals surface area contributed by atoms with Crippen LogP contribution >= 0.6 is 0 Å². The van der Waals surface area contributed by atoms with E-state index in [1.165, 1.54) is 24.8 Å². The van der Waals surface area contributed by atoms with Crippen LogP contribution in [0, 0.1) is 16.0 Å². The molecule has 166 valence electrons. The zero-order valence-electron chi connectivity index (χ0n) is 18.0. The number of carbonyl (C=O) groups is 1. The average Bonchev–Trinajstić information content (AvgIpc) is 2.79. The van der Waals surface area contributed by atoms with Crippen molar-refractivity contribution in [3.8, 4) is 11.5 Å². The Morgan fingerprint density at radius 2 is 1.74 bits per heavy atom. The van der Waals surface area contributed by atoms with E-state index in [2.05, 4.69) is 22.3 Å². The highest BCUT2D eigenvalue weighted by Gasteiger charge is 2.22. The van der Waals surface area contributed by atoms with Crippen molar-refractivity contribution in [2.45, 2.75) is 25.7 Å². The third-order valence-electron chi connectivity index (χ3n) is 5.75. The molecule has 0 aliphatic carbocycles. The first-order valence-corrected chi connectivity index (χ1v) is 10.5. The number of rotatable bonds is 9. The lowest BCUT2D eigenvalue weighted by molar-refractivity contribution is -0.384. The van der Waals surface area contributed by atoms with E-state index in [0.717, 1.165) is 44.5 Å². The molecule has 1 aliphatic rings. The van der Waals surface area contributed by atoms with Crippen molar-refractivity contribution >= 4 is 17.3 Å². The number of hydrogen-bond acceptors (Lipinski definition) is 6. The summed E-state index contributed by atoms with van der Waals surface area (Å²) in [6.45, 7) is 1.94. The normalized spacial score (nSPS) is 14.8. The number of aryl methyl sites for hydroxylation is 1. The van der Waals surface area contributed by atoms with Gasteiger partial charge in [-0.25, -0.2) is 0 Å². The fourth-order valence-corrected chi connectivity index (χ4v) is 3.88. The molecule has 2 aromatic rings. The second-order valence-electron chi connectivity index (χ2n) is 7.79. The molecule has 1 aliphatic heterocycles. The van der Waals surface area contributed by atoms with Gasteiger partial charge in [0, 0.05) is 0 Å². The summed E-state index contributed by atoms with van der Waals surface area (Å²) < 4.78 is 10.2. The minimum atomic E-state index is -0.521. The Hall–Kier alpha value is -3.13. The van der Waals surface area contributed by atoms with E-state index in [0.29, 0.717) is 11.7 Å². The number of piperidine rings is 1. The molecule has 1 amide bonds. The molecule has 0 saturated carbocycles. The Bertz CT molecular complexity index is 893. The third kappa shape index (κ3) is 6.42. The molecule has 0 unspecified atom stereocenters. The molecule has 8 heteroatoms. The van der Waals surface area contributed by atoms with Gasteiger partial charge in [-0.05, 0) is 74.5 Å². The summed E-state index contributed by atoms with van der Waals surface area (Å²) in [4.78, 5) is 25.3. The van der Waals surface area contributed by atoms with Gasteiger partial charge in [0.15, 0.2) is 0 Å². The van der Waals surface area contributed by atoms with Crippen LogP contribution in [0.25, 0.3) is 0 Å². The van der Waals surface area contributed by atoms with E-state index in [9.17, 15) is 14.9 Å². The Morgan fingerprint density at radius 1 is 1.10 bits per heavy atom. The van der Waals surface area contributed by atoms with Crippen LogP contribution in [0.4, 0.5) is 11.4 Å². The van der Waals surface area contributed by atoms with Crippen LogP contribution < -0.4 is 14.8 Å². The highest BCUT2D eigenvalue weighted by Crippen LogP contribution is 2.29. The van der Waals surface area contributed by atoms with Crippen LogP contribution in [0.5, 0.6) is 11.5 Å². The van der Waals surface area contributed by atoms with Crippen molar-refractivity contribution in [2.75, 3.05) is 39.2 Å². The van der Waals surface area contributed by atoms with Crippen molar-refractivity contribution in [3.63, 3.8) is 0 Å². The number of hydrogen-bond donors (Lipinski definition) is 1. The van der Waals surface area contributed by atoms with Crippen molar-refractivity contribution in [3.05, 3.63) is 58.1 Å². The molecule has 0 aromatic heterocycles. The van der Waals surface area contributed by atoms with E-state index >= 15 is 0 Å². The number of amides is 1. The molecule has 1 N–H and O–H groups in total. The molecule has 1 heterocycles. The molecule has 8 nitrogen and oxygen atoms in total. The number of ether oxygens (including phenoxy) is 2. The van der Waals surface area contributed by atoms with Gasteiger partial charge in [0.2, 0.25) is 5.91 Å². The van der Waals surface area contributed by atoms with E-state index in [4.69, 9.17) is 9.47 Å². The fourth-order valence-electron chi connectivity index (χ4n) is 3.88. The van der Waals surface area contributed by atoms with Gasteiger partial charge in [0.05, 0.1) is 31.8 Å². The van der Waals surface area contributed by atoms with Gasteiger partial charge < -0.3 is 14.8 Å². The summed E-state index contributed by atoms with van der Waals surface area (Å²) in [6, 6.07) is 12.6. The van der Waals surface area contributed by atoms with Crippen LogP contribution in [0.3, 0.4) is 0 Å². The van der Waals surface area contributed by atoms with E-state index in [1.807, 2.05) is 12.1 Å². The van der Waals surface area contributed by atoms with Crippen molar-refractivity contribution in [1.29, 1.82) is 0 Å². The summed E-state index contributed by atoms with van der Waals surface area (Å²) in [6.07, 6.45) is 4.26. The van der Waals surface area contributed by atoms with E-state index < -0.39 is 4.92 Å². The Labute approximate surface area is 182 Å². The average molecular weight is 428 g/mol. The molecule has 0 atom stereocenters. The summed E-state index contributed by atoms with van der Waals surface area (Å²) in [5, 5.41) is 13.9. The van der Waals surface area contributed by atoms with Crippen molar-refractivity contribution < 1.29 is 19.2 Å². The minimum Gasteiger partial charge on any atom is -0.497 e. The first-order chi connectivity index (χ1) is 15.0. The summed E-state index contributed by atoms with van der Waals surface area (Å²) >= 11 is 0. The maximum absolute atomic E-state index is 12.4. The number of nitro groups is 1. The molecule has 3 rings (SSSR count). The van der Waals surface area contributed by atoms with Crippen LogP contribution in [-0.4, -0.2) is 49.6 Å². The van der Waals surface area contributed by atoms with Gasteiger partial charge >= 0.3 is 0 Å². The largest absolute Gasteiger partial charge is 0.497 e. The number of benzene rings is 2. The Balaban J connectivity index is 1.44. The number of likely N-dealkylation sites (tertiary alicyclic amines) is 1. The topological polar surface area (TPSA) is 93.9 Å². The highest BCUT2D eigenvalue weighted by molar-refractivity contribution is 5.94. The number of methoxy groups -OCH3 is 2. The number of nitrogens with zero attached hydrogens (tertiary/aromatic N) is 2. The monoisotopic (exact) mass is 427 g/mol. The quantitative estimate of drug-likeness (QED) is 0.482. The summed E-state index contributed by atoms with van der Waals surface area (Å²) in [5.74, 6) is 1.64. The molecule has 0 bridgehead atoms. The number of nitro benzene ring substituents is 1. The molecule has 0 spiro atoms.